The van der Waals surface area contributed by atoms with Crippen molar-refractivity contribution in [3.63, 3.8) is 0 Å². The minimum absolute atomic E-state index is 0.0865. The van der Waals surface area contributed by atoms with Gasteiger partial charge in [0, 0.05) is 30.5 Å². The molecule has 1 N–H and O–H groups in total. The van der Waals surface area contributed by atoms with Crippen LogP contribution in [0.2, 0.25) is 0 Å². The number of hydrogen-bond donors (Lipinski definition) is 1. The van der Waals surface area contributed by atoms with Gasteiger partial charge in [-0.05, 0) is 20.8 Å². The molecule has 1 aromatic rings. The Bertz CT molecular complexity index is 557. The molecule has 1 amide bonds. The van der Waals surface area contributed by atoms with Gasteiger partial charge in [-0.3, -0.25) is 0 Å². The fourth-order valence-electron chi connectivity index (χ4n) is 2.19. The van der Waals surface area contributed by atoms with Gasteiger partial charge in [0.15, 0.2) is 17.4 Å². The van der Waals surface area contributed by atoms with Crippen molar-refractivity contribution < 1.29 is 27.8 Å². The summed E-state index contributed by atoms with van der Waals surface area (Å²) in [5.74, 6) is -1.99. The summed E-state index contributed by atoms with van der Waals surface area (Å²) < 4.78 is 42.4. The number of amides is 1. The Morgan fingerprint density at radius 3 is 2.22 bits per heavy atom. The summed E-state index contributed by atoms with van der Waals surface area (Å²) >= 11 is 0. The van der Waals surface area contributed by atoms with Gasteiger partial charge < -0.3 is 19.5 Å². The molecule has 1 aliphatic rings. The number of methoxy groups -OCH3 is 1. The van der Waals surface area contributed by atoms with Crippen LogP contribution in [0.1, 0.15) is 33.6 Å². The smallest absolute Gasteiger partial charge is 0.407 e. The molecule has 1 aromatic carbocycles. The van der Waals surface area contributed by atoms with E-state index in [4.69, 9.17) is 9.47 Å². The Balaban J connectivity index is 1.81. The van der Waals surface area contributed by atoms with Gasteiger partial charge in [0.1, 0.15) is 18.0 Å². The van der Waals surface area contributed by atoms with E-state index in [1.165, 1.54) is 7.11 Å². The first-order chi connectivity index (χ1) is 10.7. The summed E-state index contributed by atoms with van der Waals surface area (Å²) in [7, 11) is 1.19. The largest absolute Gasteiger partial charge is 0.491 e. The zero-order valence-electron chi connectivity index (χ0n) is 13.6. The summed E-state index contributed by atoms with van der Waals surface area (Å²) in [5, 5.41) is 2.70. The van der Waals surface area contributed by atoms with E-state index in [2.05, 4.69) is 10.1 Å². The molecule has 0 atom stereocenters. The van der Waals surface area contributed by atoms with E-state index >= 15 is 0 Å². The lowest BCUT2D eigenvalue weighted by Crippen LogP contribution is -2.46. The third kappa shape index (κ3) is 4.71. The van der Waals surface area contributed by atoms with Gasteiger partial charge in [0.25, 0.3) is 0 Å². The zero-order valence-corrected chi connectivity index (χ0v) is 13.6. The highest BCUT2D eigenvalue weighted by Gasteiger charge is 2.35. The fraction of sp³-hybridized carbons (Fsp3) is 0.562. The Hall–Kier alpha value is -2.05. The van der Waals surface area contributed by atoms with Crippen LogP contribution in [0.5, 0.6) is 11.5 Å². The molecule has 23 heavy (non-hydrogen) atoms. The molecule has 0 aliphatic heterocycles. The molecular weight excluding hydrogens is 308 g/mol. The van der Waals surface area contributed by atoms with Gasteiger partial charge >= 0.3 is 6.09 Å². The second kappa shape index (κ2) is 6.60. The Kier molecular flexibility index (Phi) is 4.97. The predicted octanol–water partition coefficient (Wildman–Crippen LogP) is 3.41. The maximum Gasteiger partial charge on any atom is 0.407 e. The van der Waals surface area contributed by atoms with Gasteiger partial charge in [-0.25, -0.2) is 13.6 Å². The van der Waals surface area contributed by atoms with Crippen LogP contribution in [-0.2, 0) is 4.74 Å². The molecule has 7 heteroatoms. The average Bonchev–Trinajstić information content (AvgIpc) is 2.33. The highest BCUT2D eigenvalue weighted by molar-refractivity contribution is 5.68. The van der Waals surface area contributed by atoms with Crippen molar-refractivity contribution in [3.05, 3.63) is 23.8 Å². The van der Waals surface area contributed by atoms with Crippen molar-refractivity contribution in [2.45, 2.75) is 51.4 Å². The lowest BCUT2D eigenvalue weighted by molar-refractivity contribution is -0.0245. The van der Waals surface area contributed by atoms with Crippen molar-refractivity contribution in [3.8, 4) is 11.5 Å². The number of carbonyl (C=O) groups excluding carboxylic acids is 1. The van der Waals surface area contributed by atoms with Crippen molar-refractivity contribution in [2.75, 3.05) is 7.11 Å². The molecule has 0 spiro atoms. The minimum atomic E-state index is -0.820. The first-order valence-electron chi connectivity index (χ1n) is 7.36. The molecule has 0 aromatic heterocycles. The third-order valence-electron chi connectivity index (χ3n) is 3.28. The molecule has 0 radical (unpaired) electrons. The summed E-state index contributed by atoms with van der Waals surface area (Å²) in [5.41, 5.74) is -0.366. The van der Waals surface area contributed by atoms with E-state index in [1.54, 1.807) is 0 Å². The topological polar surface area (TPSA) is 56.8 Å². The fourth-order valence-corrected chi connectivity index (χ4v) is 2.19. The van der Waals surface area contributed by atoms with Crippen LogP contribution in [0.25, 0.3) is 0 Å². The third-order valence-corrected chi connectivity index (χ3v) is 3.28. The highest BCUT2D eigenvalue weighted by Crippen LogP contribution is 2.32. The Labute approximate surface area is 133 Å². The number of rotatable bonds is 4. The first-order valence-corrected chi connectivity index (χ1v) is 7.36. The first kappa shape index (κ1) is 17.3. The van der Waals surface area contributed by atoms with Crippen LogP contribution in [0, 0.1) is 11.6 Å². The van der Waals surface area contributed by atoms with E-state index in [9.17, 15) is 13.6 Å². The standard InChI is InChI=1S/C16H21F2NO4/c1-16(2,3)19-15(20)23-10-5-9(6-10)22-11-7-12(17)14(21-4)13(18)8-11/h7-10H,5-6H2,1-4H3,(H,19,20). The van der Waals surface area contributed by atoms with Gasteiger partial charge in [0.2, 0.25) is 0 Å². The zero-order chi connectivity index (χ0) is 17.2. The van der Waals surface area contributed by atoms with E-state index in [0.717, 1.165) is 12.1 Å². The van der Waals surface area contributed by atoms with Gasteiger partial charge in [-0.15, -0.1) is 0 Å². The summed E-state index contributed by atoms with van der Waals surface area (Å²) in [6.07, 6.45) is -0.0213. The predicted molar refractivity (Wildman–Crippen MR) is 79.7 cm³/mol. The van der Waals surface area contributed by atoms with Crippen molar-refractivity contribution in [2.24, 2.45) is 0 Å². The summed E-state index contributed by atoms with van der Waals surface area (Å²) in [6.45, 7) is 5.56. The minimum Gasteiger partial charge on any atom is -0.491 e. The number of hydrogen-bond acceptors (Lipinski definition) is 4. The normalized spacial score (nSPS) is 20.4. The van der Waals surface area contributed by atoms with Crippen molar-refractivity contribution in [1.29, 1.82) is 0 Å². The molecule has 0 bridgehead atoms. The average molecular weight is 329 g/mol. The van der Waals surface area contributed by atoms with Crippen molar-refractivity contribution in [1.82, 2.24) is 5.32 Å². The maximum atomic E-state index is 13.6. The monoisotopic (exact) mass is 329 g/mol. The molecule has 1 aliphatic carbocycles. The van der Waals surface area contributed by atoms with Crippen LogP contribution in [0.3, 0.4) is 0 Å². The number of benzene rings is 1. The van der Waals surface area contributed by atoms with E-state index in [1.807, 2.05) is 20.8 Å². The van der Waals surface area contributed by atoms with Crippen LogP contribution in [0.4, 0.5) is 13.6 Å². The lowest BCUT2D eigenvalue weighted by atomic mass is 9.92. The molecule has 2 rings (SSSR count). The number of nitrogens with one attached hydrogen (secondary N) is 1. The van der Waals surface area contributed by atoms with E-state index < -0.39 is 23.5 Å². The lowest BCUT2D eigenvalue weighted by Gasteiger charge is -2.35. The van der Waals surface area contributed by atoms with Crippen molar-refractivity contribution >= 4 is 6.09 Å². The number of alkyl carbamates (subject to hydrolysis) is 1. The summed E-state index contributed by atoms with van der Waals surface area (Å²) in [6, 6.07) is 2.14. The van der Waals surface area contributed by atoms with E-state index in [-0.39, 0.29) is 23.5 Å². The van der Waals surface area contributed by atoms with E-state index in [0.29, 0.717) is 12.8 Å². The molecule has 0 unspecified atom stereocenters. The van der Waals surface area contributed by atoms with Gasteiger partial charge in [-0.2, -0.15) is 0 Å². The van der Waals surface area contributed by atoms with Gasteiger partial charge in [0.05, 0.1) is 7.11 Å². The van der Waals surface area contributed by atoms with Crippen LogP contribution in [0.15, 0.2) is 12.1 Å². The molecular formula is C16H21F2NO4. The number of carbonyl (C=O) groups is 1. The number of halogens is 2. The second-order valence-electron chi connectivity index (χ2n) is 6.53. The maximum absolute atomic E-state index is 13.6. The van der Waals surface area contributed by atoms with Gasteiger partial charge in [-0.1, -0.05) is 0 Å². The molecule has 0 heterocycles. The van der Waals surface area contributed by atoms with Crippen LogP contribution in [-0.4, -0.2) is 30.9 Å². The number of ether oxygens (including phenoxy) is 3. The quantitative estimate of drug-likeness (QED) is 0.920. The second-order valence-corrected chi connectivity index (χ2v) is 6.53. The van der Waals surface area contributed by atoms with Crippen LogP contribution >= 0.6 is 0 Å². The molecule has 1 fully saturated rings. The molecule has 0 saturated heterocycles. The Morgan fingerprint density at radius 2 is 1.74 bits per heavy atom. The molecule has 128 valence electrons. The highest BCUT2D eigenvalue weighted by atomic mass is 19.1. The molecule has 5 nitrogen and oxygen atoms in total. The molecule has 1 saturated carbocycles. The summed E-state index contributed by atoms with van der Waals surface area (Å²) in [4.78, 5) is 11.6. The van der Waals surface area contributed by atoms with Crippen LogP contribution < -0.4 is 14.8 Å². The Morgan fingerprint density at radius 1 is 1.17 bits per heavy atom. The SMILES string of the molecule is COc1c(F)cc(OC2CC(OC(=O)NC(C)(C)C)C2)cc1F.